The largest absolute Gasteiger partial charge is 0.493 e. The van der Waals surface area contributed by atoms with Crippen LogP contribution >= 0.6 is 11.3 Å². The molecule has 1 aromatic heterocycles. The van der Waals surface area contributed by atoms with Crippen molar-refractivity contribution in [3.05, 3.63) is 119 Å². The average Bonchev–Trinajstić information content (AvgIpc) is 3.39. The average molecular weight is 520 g/mol. The molecule has 0 aliphatic rings. The summed E-state index contributed by atoms with van der Waals surface area (Å²) in [5, 5.41) is 5.19. The number of nitrogens with zero attached hydrogens (tertiary/aromatic N) is 2. The number of nitrogens with one attached hydrogen (secondary N) is 1. The molecule has 0 aliphatic heterocycles. The van der Waals surface area contributed by atoms with Crippen molar-refractivity contribution in [3.63, 3.8) is 0 Å². The standard InChI is InChI=1S/C32H29N3O2S/c1-22-14-16-27(18-23(22)2)30-31(26-12-8-5-9-13-26)38-32(34-30)35-33-20-25-15-17-28(29(19-25)36-3)37-21-24-10-6-4-7-11-24/h4-20H,21H2,1-3H3,(H,34,35)/b33-20-. The Kier molecular flexibility index (Phi) is 7.81. The Morgan fingerprint density at radius 3 is 2.32 bits per heavy atom. The molecule has 1 heterocycles. The molecule has 6 heteroatoms. The molecule has 0 amide bonds. The Bertz CT molecular complexity index is 1550. The van der Waals surface area contributed by atoms with Crippen LogP contribution in [0.5, 0.6) is 11.5 Å². The van der Waals surface area contributed by atoms with E-state index in [0.717, 1.165) is 38.0 Å². The highest BCUT2D eigenvalue weighted by atomic mass is 32.1. The van der Waals surface area contributed by atoms with Gasteiger partial charge < -0.3 is 9.47 Å². The number of anilines is 1. The van der Waals surface area contributed by atoms with Crippen molar-refractivity contribution >= 4 is 22.7 Å². The summed E-state index contributed by atoms with van der Waals surface area (Å²) in [7, 11) is 1.64. The Labute approximate surface area is 227 Å². The lowest BCUT2D eigenvalue weighted by atomic mass is 10.0. The van der Waals surface area contributed by atoms with Crippen LogP contribution in [0.2, 0.25) is 0 Å². The number of rotatable bonds is 9. The molecule has 5 aromatic rings. The van der Waals surface area contributed by atoms with Gasteiger partial charge in [-0.05, 0) is 65.9 Å². The number of aromatic nitrogens is 1. The fraction of sp³-hybridized carbons (Fsp3) is 0.125. The zero-order valence-corrected chi connectivity index (χ0v) is 22.5. The van der Waals surface area contributed by atoms with E-state index < -0.39 is 0 Å². The summed E-state index contributed by atoms with van der Waals surface area (Å²) in [4.78, 5) is 6.01. The summed E-state index contributed by atoms with van der Waals surface area (Å²) in [6.45, 7) is 4.73. The fourth-order valence-corrected chi connectivity index (χ4v) is 4.96. The van der Waals surface area contributed by atoms with E-state index in [4.69, 9.17) is 14.5 Å². The predicted octanol–water partition coefficient (Wildman–Crippen LogP) is 8.13. The maximum atomic E-state index is 5.97. The van der Waals surface area contributed by atoms with Crippen LogP contribution in [-0.2, 0) is 6.61 Å². The van der Waals surface area contributed by atoms with Gasteiger partial charge in [0.2, 0.25) is 5.13 Å². The van der Waals surface area contributed by atoms with Gasteiger partial charge in [-0.15, -0.1) is 0 Å². The van der Waals surface area contributed by atoms with Crippen LogP contribution in [0, 0.1) is 13.8 Å². The molecule has 5 nitrogen and oxygen atoms in total. The molecule has 0 fully saturated rings. The van der Waals surface area contributed by atoms with Gasteiger partial charge in [-0.3, -0.25) is 5.43 Å². The van der Waals surface area contributed by atoms with E-state index in [1.54, 1.807) is 24.7 Å². The first-order chi connectivity index (χ1) is 18.6. The molecule has 0 saturated heterocycles. The molecule has 0 atom stereocenters. The van der Waals surface area contributed by atoms with E-state index in [1.165, 1.54) is 11.1 Å². The third kappa shape index (κ3) is 5.93. The van der Waals surface area contributed by atoms with Crippen LogP contribution in [0.15, 0.2) is 102 Å². The lowest BCUT2D eigenvalue weighted by Crippen LogP contribution is -1.98. The molecular weight excluding hydrogens is 490 g/mol. The molecule has 0 aliphatic carbocycles. The minimum atomic E-state index is 0.475. The van der Waals surface area contributed by atoms with Crippen molar-refractivity contribution < 1.29 is 9.47 Å². The number of aryl methyl sites for hydroxylation is 2. The molecule has 4 aromatic carbocycles. The van der Waals surface area contributed by atoms with Crippen LogP contribution in [0.25, 0.3) is 21.7 Å². The number of methoxy groups -OCH3 is 1. The van der Waals surface area contributed by atoms with Gasteiger partial charge in [-0.25, -0.2) is 4.98 Å². The van der Waals surface area contributed by atoms with E-state index in [-0.39, 0.29) is 0 Å². The molecule has 0 spiro atoms. The van der Waals surface area contributed by atoms with Crippen molar-refractivity contribution in [2.24, 2.45) is 5.10 Å². The number of hydrogen-bond acceptors (Lipinski definition) is 6. The summed E-state index contributed by atoms with van der Waals surface area (Å²) >= 11 is 1.59. The predicted molar refractivity (Wildman–Crippen MR) is 157 cm³/mol. The van der Waals surface area contributed by atoms with Gasteiger partial charge in [-0.2, -0.15) is 5.10 Å². The fourth-order valence-electron chi connectivity index (χ4n) is 4.02. The monoisotopic (exact) mass is 519 g/mol. The summed E-state index contributed by atoms with van der Waals surface area (Å²) in [6.07, 6.45) is 1.75. The number of ether oxygens (including phenoxy) is 2. The van der Waals surface area contributed by atoms with Gasteiger partial charge in [0, 0.05) is 5.56 Å². The van der Waals surface area contributed by atoms with Gasteiger partial charge in [-0.1, -0.05) is 84.1 Å². The van der Waals surface area contributed by atoms with E-state index in [9.17, 15) is 0 Å². The van der Waals surface area contributed by atoms with Crippen LogP contribution < -0.4 is 14.9 Å². The normalized spacial score (nSPS) is 11.0. The second-order valence-corrected chi connectivity index (χ2v) is 9.92. The smallest absolute Gasteiger partial charge is 0.204 e. The molecule has 0 saturated carbocycles. The highest BCUT2D eigenvalue weighted by Gasteiger charge is 2.15. The minimum Gasteiger partial charge on any atom is -0.493 e. The highest BCUT2D eigenvalue weighted by molar-refractivity contribution is 7.19. The van der Waals surface area contributed by atoms with Crippen molar-refractivity contribution in [1.29, 1.82) is 0 Å². The quantitative estimate of drug-likeness (QED) is 0.158. The van der Waals surface area contributed by atoms with Crippen molar-refractivity contribution in [2.75, 3.05) is 12.5 Å². The van der Waals surface area contributed by atoms with Gasteiger partial charge in [0.1, 0.15) is 6.61 Å². The second-order valence-electron chi connectivity index (χ2n) is 8.92. The lowest BCUT2D eigenvalue weighted by molar-refractivity contribution is 0.284. The third-order valence-corrected chi connectivity index (χ3v) is 7.25. The maximum absolute atomic E-state index is 5.97. The summed E-state index contributed by atoms with van der Waals surface area (Å²) in [5.74, 6) is 1.34. The van der Waals surface area contributed by atoms with Crippen molar-refractivity contribution in [1.82, 2.24) is 4.98 Å². The zero-order valence-electron chi connectivity index (χ0n) is 21.6. The van der Waals surface area contributed by atoms with E-state index >= 15 is 0 Å². The van der Waals surface area contributed by atoms with Crippen molar-refractivity contribution in [3.8, 4) is 33.2 Å². The number of hydrogen-bond donors (Lipinski definition) is 1. The molecule has 1 N–H and O–H groups in total. The van der Waals surface area contributed by atoms with E-state index in [0.29, 0.717) is 18.1 Å². The Hall–Kier alpha value is -4.42. The van der Waals surface area contributed by atoms with Gasteiger partial charge >= 0.3 is 0 Å². The van der Waals surface area contributed by atoms with E-state index in [1.807, 2.05) is 66.7 Å². The molecule has 0 unspecified atom stereocenters. The lowest BCUT2D eigenvalue weighted by Gasteiger charge is -2.11. The molecule has 0 bridgehead atoms. The maximum Gasteiger partial charge on any atom is 0.204 e. The Balaban J connectivity index is 1.34. The Morgan fingerprint density at radius 1 is 0.816 bits per heavy atom. The summed E-state index contributed by atoms with van der Waals surface area (Å²) in [6, 6.07) is 32.6. The van der Waals surface area contributed by atoms with Gasteiger partial charge in [0.15, 0.2) is 11.5 Å². The van der Waals surface area contributed by atoms with Crippen LogP contribution in [-0.4, -0.2) is 18.3 Å². The second kappa shape index (κ2) is 11.8. The molecule has 5 rings (SSSR count). The topological polar surface area (TPSA) is 55.7 Å². The van der Waals surface area contributed by atoms with Gasteiger partial charge in [0.05, 0.1) is 23.9 Å². The summed E-state index contributed by atoms with van der Waals surface area (Å²) in [5.41, 5.74) is 10.8. The zero-order chi connectivity index (χ0) is 26.3. The van der Waals surface area contributed by atoms with Gasteiger partial charge in [0.25, 0.3) is 0 Å². The molecular formula is C32H29N3O2S. The van der Waals surface area contributed by atoms with E-state index in [2.05, 4.69) is 54.7 Å². The third-order valence-electron chi connectivity index (χ3n) is 6.24. The van der Waals surface area contributed by atoms with Crippen molar-refractivity contribution in [2.45, 2.75) is 20.5 Å². The minimum absolute atomic E-state index is 0.475. The first kappa shape index (κ1) is 25.2. The number of thiazole rings is 1. The SMILES string of the molecule is COc1cc(/C=N\Nc2nc(-c3ccc(C)c(C)c3)c(-c3ccccc3)s2)ccc1OCc1ccccc1. The first-order valence-corrected chi connectivity index (χ1v) is 13.2. The molecule has 0 radical (unpaired) electrons. The molecule has 38 heavy (non-hydrogen) atoms. The first-order valence-electron chi connectivity index (χ1n) is 12.4. The Morgan fingerprint density at radius 2 is 1.58 bits per heavy atom. The summed E-state index contributed by atoms with van der Waals surface area (Å²) < 4.78 is 11.5. The van der Waals surface area contributed by atoms with Crippen LogP contribution in [0.4, 0.5) is 5.13 Å². The van der Waals surface area contributed by atoms with Crippen LogP contribution in [0.1, 0.15) is 22.3 Å². The molecule has 190 valence electrons. The number of hydrazone groups is 1. The highest BCUT2D eigenvalue weighted by Crippen LogP contribution is 2.39. The van der Waals surface area contributed by atoms with Crippen LogP contribution in [0.3, 0.4) is 0 Å². The number of benzene rings is 4.